The summed E-state index contributed by atoms with van der Waals surface area (Å²) >= 11 is 12.0. The highest BCUT2D eigenvalue weighted by molar-refractivity contribution is 6.45. The second-order valence-electron chi connectivity index (χ2n) is 6.96. The quantitative estimate of drug-likeness (QED) is 0.237. The van der Waals surface area contributed by atoms with E-state index in [2.05, 4.69) is 15.6 Å². The van der Waals surface area contributed by atoms with Crippen molar-refractivity contribution in [1.29, 1.82) is 0 Å². The van der Waals surface area contributed by atoms with Gasteiger partial charge in [0.1, 0.15) is 11.5 Å². The normalized spacial score (nSPS) is 11.9. The fourth-order valence-electron chi connectivity index (χ4n) is 2.42. The molecule has 0 spiro atoms. The Bertz CT molecular complexity index is 837. The van der Waals surface area contributed by atoms with Gasteiger partial charge in [0.15, 0.2) is 0 Å². The van der Waals surface area contributed by atoms with Crippen LogP contribution in [0.3, 0.4) is 0 Å². The molecule has 10 heteroatoms. The second kappa shape index (κ2) is 15.7. The molecule has 32 heavy (non-hydrogen) atoms. The van der Waals surface area contributed by atoms with Crippen molar-refractivity contribution >= 4 is 34.8 Å². The first-order valence-corrected chi connectivity index (χ1v) is 10.9. The van der Waals surface area contributed by atoms with Crippen LogP contribution < -0.4 is 16.4 Å². The highest BCUT2D eigenvalue weighted by Gasteiger charge is 2.15. The van der Waals surface area contributed by atoms with E-state index in [4.69, 9.17) is 43.5 Å². The van der Waals surface area contributed by atoms with Crippen molar-refractivity contribution in [1.82, 2.24) is 10.6 Å². The van der Waals surface area contributed by atoms with Gasteiger partial charge in [-0.1, -0.05) is 29.3 Å². The Morgan fingerprint density at radius 2 is 1.81 bits per heavy atom. The summed E-state index contributed by atoms with van der Waals surface area (Å²) in [6.45, 7) is 7.55. The molecule has 0 saturated heterocycles. The van der Waals surface area contributed by atoms with E-state index in [9.17, 15) is 4.79 Å². The summed E-state index contributed by atoms with van der Waals surface area (Å²) in [5.41, 5.74) is 8.19. The van der Waals surface area contributed by atoms with Crippen molar-refractivity contribution in [3.8, 4) is 0 Å². The molecule has 0 radical (unpaired) electrons. The number of hydrogen-bond acceptors (Lipinski definition) is 7. The summed E-state index contributed by atoms with van der Waals surface area (Å²) in [4.78, 5) is 17.2. The van der Waals surface area contributed by atoms with Crippen molar-refractivity contribution in [3.05, 3.63) is 57.0 Å². The van der Waals surface area contributed by atoms with Gasteiger partial charge in [0, 0.05) is 6.54 Å². The van der Waals surface area contributed by atoms with Crippen LogP contribution in [0.25, 0.3) is 0 Å². The first kappa shape index (κ1) is 27.9. The van der Waals surface area contributed by atoms with Gasteiger partial charge in [-0.3, -0.25) is 9.79 Å². The van der Waals surface area contributed by atoms with Crippen LogP contribution in [0.5, 0.6) is 0 Å². The number of amides is 1. The SMILES string of the molecule is CC(=CN)C(=NCCOCCOCCO)C(=O)NC(NCc1ccc(Cl)c(Cl)c1)=C(C)C. The monoisotopic (exact) mass is 486 g/mol. The molecular formula is C22H32Cl2N4O4. The zero-order chi connectivity index (χ0) is 23.9. The van der Waals surface area contributed by atoms with Crippen LogP contribution in [0, 0.1) is 0 Å². The van der Waals surface area contributed by atoms with Crippen LogP contribution in [-0.4, -0.2) is 56.3 Å². The zero-order valence-electron chi connectivity index (χ0n) is 18.7. The fraction of sp³-hybridized carbons (Fsp3) is 0.455. The smallest absolute Gasteiger partial charge is 0.275 e. The van der Waals surface area contributed by atoms with Gasteiger partial charge in [0.2, 0.25) is 0 Å². The van der Waals surface area contributed by atoms with E-state index in [0.29, 0.717) is 47.8 Å². The number of ether oxygens (including phenoxy) is 2. The zero-order valence-corrected chi connectivity index (χ0v) is 20.2. The summed E-state index contributed by atoms with van der Waals surface area (Å²) in [7, 11) is 0. The number of benzene rings is 1. The second-order valence-corrected chi connectivity index (χ2v) is 7.77. The lowest BCUT2D eigenvalue weighted by Gasteiger charge is -2.16. The third kappa shape index (κ3) is 10.5. The average molecular weight is 487 g/mol. The molecule has 0 heterocycles. The van der Waals surface area contributed by atoms with E-state index in [0.717, 1.165) is 11.1 Å². The molecule has 0 aliphatic carbocycles. The van der Waals surface area contributed by atoms with Gasteiger partial charge in [-0.05, 0) is 55.8 Å². The van der Waals surface area contributed by atoms with Crippen molar-refractivity contribution in [3.63, 3.8) is 0 Å². The molecule has 0 fully saturated rings. The minimum Gasteiger partial charge on any atom is -0.404 e. The number of nitrogens with one attached hydrogen (secondary N) is 2. The molecule has 0 aromatic heterocycles. The van der Waals surface area contributed by atoms with E-state index in [-0.39, 0.29) is 31.4 Å². The molecule has 1 amide bonds. The van der Waals surface area contributed by atoms with E-state index in [1.165, 1.54) is 6.20 Å². The minimum absolute atomic E-state index is 0.0244. The maximum absolute atomic E-state index is 12.9. The Labute approximate surface area is 199 Å². The fourth-order valence-corrected chi connectivity index (χ4v) is 2.74. The van der Waals surface area contributed by atoms with Gasteiger partial charge >= 0.3 is 0 Å². The van der Waals surface area contributed by atoms with Crippen LogP contribution in [-0.2, 0) is 20.8 Å². The van der Waals surface area contributed by atoms with E-state index in [1.807, 2.05) is 19.9 Å². The third-order valence-corrected chi connectivity index (χ3v) is 4.88. The van der Waals surface area contributed by atoms with Crippen molar-refractivity contribution < 1.29 is 19.4 Å². The number of halogens is 2. The van der Waals surface area contributed by atoms with Crippen molar-refractivity contribution in [2.75, 3.05) is 39.6 Å². The van der Waals surface area contributed by atoms with Crippen LogP contribution >= 0.6 is 23.2 Å². The number of hydrogen-bond donors (Lipinski definition) is 4. The predicted octanol–water partition coefficient (Wildman–Crippen LogP) is 2.78. The Hall–Kier alpha value is -2.10. The topological polar surface area (TPSA) is 118 Å². The van der Waals surface area contributed by atoms with Gasteiger partial charge in [0.25, 0.3) is 5.91 Å². The maximum Gasteiger partial charge on any atom is 0.275 e. The molecule has 0 aliphatic rings. The molecule has 0 bridgehead atoms. The summed E-state index contributed by atoms with van der Waals surface area (Å²) < 4.78 is 10.5. The number of nitrogens with two attached hydrogens (primary N) is 1. The Kier molecular flexibility index (Phi) is 13.7. The largest absolute Gasteiger partial charge is 0.404 e. The lowest BCUT2D eigenvalue weighted by Crippen LogP contribution is -2.37. The molecular weight excluding hydrogens is 455 g/mol. The molecule has 1 aromatic rings. The molecule has 178 valence electrons. The molecule has 0 aliphatic heterocycles. The molecule has 0 saturated carbocycles. The first-order valence-electron chi connectivity index (χ1n) is 10.2. The van der Waals surface area contributed by atoms with Gasteiger partial charge in [-0.2, -0.15) is 0 Å². The van der Waals surface area contributed by atoms with Gasteiger partial charge in [0.05, 0.1) is 49.6 Å². The number of allylic oxidation sites excluding steroid dienone is 1. The lowest BCUT2D eigenvalue weighted by atomic mass is 10.1. The average Bonchev–Trinajstić information content (AvgIpc) is 2.77. The summed E-state index contributed by atoms with van der Waals surface area (Å²) in [6.07, 6.45) is 1.34. The molecule has 5 N–H and O–H groups in total. The number of aliphatic imine (C=N–C) groups is 1. The Morgan fingerprint density at radius 3 is 2.41 bits per heavy atom. The minimum atomic E-state index is -0.381. The summed E-state index contributed by atoms with van der Waals surface area (Å²) in [5, 5.41) is 15.7. The van der Waals surface area contributed by atoms with Crippen LogP contribution in [0.1, 0.15) is 26.3 Å². The Balaban J connectivity index is 2.70. The number of aliphatic hydroxyl groups excluding tert-OH is 1. The maximum atomic E-state index is 12.9. The molecule has 1 rings (SSSR count). The molecule has 0 unspecified atom stereocenters. The number of aliphatic hydroxyl groups is 1. The number of carbonyl (C=O) groups excluding carboxylic acids is 1. The summed E-state index contributed by atoms with van der Waals surface area (Å²) in [5.74, 6) is 0.184. The van der Waals surface area contributed by atoms with Crippen molar-refractivity contribution in [2.24, 2.45) is 10.7 Å². The summed E-state index contributed by atoms with van der Waals surface area (Å²) in [6, 6.07) is 5.35. The lowest BCUT2D eigenvalue weighted by molar-refractivity contribution is -0.114. The third-order valence-electron chi connectivity index (χ3n) is 4.14. The van der Waals surface area contributed by atoms with Crippen molar-refractivity contribution in [2.45, 2.75) is 27.3 Å². The highest BCUT2D eigenvalue weighted by Crippen LogP contribution is 2.22. The Morgan fingerprint density at radius 1 is 1.12 bits per heavy atom. The van der Waals surface area contributed by atoms with Gasteiger partial charge in [-0.25, -0.2) is 0 Å². The standard InChI is InChI=1S/C22H32Cl2N4O4/c1-15(2)21(27-14-17-4-5-18(23)19(24)12-17)28-22(30)20(16(3)13-25)26-6-8-31-10-11-32-9-7-29/h4-5,12-13,27,29H,6-11,14,25H2,1-3H3,(H,28,30). The number of carbonyl (C=O) groups is 1. The predicted molar refractivity (Wildman–Crippen MR) is 129 cm³/mol. The van der Waals surface area contributed by atoms with E-state index < -0.39 is 0 Å². The molecule has 0 atom stereocenters. The van der Waals surface area contributed by atoms with E-state index >= 15 is 0 Å². The van der Waals surface area contributed by atoms with E-state index in [1.54, 1.807) is 19.1 Å². The van der Waals surface area contributed by atoms with Crippen LogP contribution in [0.15, 0.2) is 46.4 Å². The first-order chi connectivity index (χ1) is 15.3. The molecule has 8 nitrogen and oxygen atoms in total. The number of rotatable bonds is 14. The van der Waals surface area contributed by atoms with Gasteiger partial charge in [-0.15, -0.1) is 0 Å². The van der Waals surface area contributed by atoms with Crippen LogP contribution in [0.4, 0.5) is 0 Å². The van der Waals surface area contributed by atoms with Gasteiger partial charge < -0.3 is 30.9 Å². The van der Waals surface area contributed by atoms with Crippen LogP contribution in [0.2, 0.25) is 10.0 Å². The highest BCUT2D eigenvalue weighted by atomic mass is 35.5. The molecule has 1 aromatic carbocycles. The number of nitrogens with zero attached hydrogens (tertiary/aromatic N) is 1.